The average molecular weight is 468 g/mol. The molecule has 0 bridgehead atoms. The number of anilines is 1. The van der Waals surface area contributed by atoms with E-state index in [1.54, 1.807) is 29.2 Å². The largest absolute Gasteiger partial charge is 0.494 e. The van der Waals surface area contributed by atoms with E-state index in [1.807, 2.05) is 14.0 Å². The second-order valence-corrected chi connectivity index (χ2v) is 9.22. The van der Waals surface area contributed by atoms with Gasteiger partial charge in [0.25, 0.3) is 15.9 Å². The van der Waals surface area contributed by atoms with Gasteiger partial charge in [-0.15, -0.1) is 0 Å². The van der Waals surface area contributed by atoms with Crippen LogP contribution in [0.4, 0.5) is 5.69 Å². The Bertz CT molecular complexity index is 1010. The first-order valence-corrected chi connectivity index (χ1v) is 11.8. The Balaban J connectivity index is 1.61. The maximum Gasteiger partial charge on any atom is 0.261 e. The van der Waals surface area contributed by atoms with E-state index in [9.17, 15) is 13.2 Å². The number of carbonyl (C=O) groups is 1. The van der Waals surface area contributed by atoms with Crippen LogP contribution in [-0.2, 0) is 14.8 Å². The third kappa shape index (κ3) is 6.25. The molecule has 0 unspecified atom stereocenters. The van der Waals surface area contributed by atoms with Crippen molar-refractivity contribution in [2.45, 2.75) is 11.8 Å². The summed E-state index contributed by atoms with van der Waals surface area (Å²) in [4.78, 5) is 16.2. The van der Waals surface area contributed by atoms with E-state index in [4.69, 9.17) is 21.1 Å². The highest BCUT2D eigenvalue weighted by molar-refractivity contribution is 7.92. The van der Waals surface area contributed by atoms with E-state index in [2.05, 4.69) is 9.62 Å². The smallest absolute Gasteiger partial charge is 0.261 e. The highest BCUT2D eigenvalue weighted by Crippen LogP contribution is 2.28. The lowest BCUT2D eigenvalue weighted by Gasteiger charge is -2.32. The molecule has 1 amide bonds. The summed E-state index contributed by atoms with van der Waals surface area (Å²) < 4.78 is 38.7. The molecule has 2 aromatic carbocycles. The van der Waals surface area contributed by atoms with Crippen molar-refractivity contribution in [1.82, 2.24) is 9.80 Å². The molecule has 1 aliphatic rings. The molecule has 0 radical (unpaired) electrons. The van der Waals surface area contributed by atoms with Crippen molar-refractivity contribution in [1.29, 1.82) is 0 Å². The van der Waals surface area contributed by atoms with Crippen molar-refractivity contribution in [3.05, 3.63) is 47.5 Å². The molecule has 0 spiro atoms. The SMILES string of the molecule is CCOc1ccc(NS(=O)(=O)c2ccc(OCC(=O)N3CCN(C)CC3)c(Cl)c2)cc1. The van der Waals surface area contributed by atoms with Gasteiger partial charge in [0.05, 0.1) is 16.5 Å². The Hall–Kier alpha value is -2.49. The van der Waals surface area contributed by atoms with Crippen molar-refractivity contribution in [2.75, 3.05) is 51.2 Å². The number of rotatable bonds is 8. The lowest BCUT2D eigenvalue weighted by molar-refractivity contribution is -0.134. The minimum atomic E-state index is -3.84. The molecule has 1 aliphatic heterocycles. The molecule has 0 aromatic heterocycles. The molecule has 1 saturated heterocycles. The second kappa shape index (κ2) is 10.2. The Morgan fingerprint density at radius 1 is 1.06 bits per heavy atom. The number of nitrogens with zero attached hydrogens (tertiary/aromatic N) is 2. The minimum absolute atomic E-state index is 0.0101. The molecule has 1 fully saturated rings. The number of hydrogen-bond donors (Lipinski definition) is 1. The molecule has 3 rings (SSSR count). The number of ether oxygens (including phenoxy) is 2. The lowest BCUT2D eigenvalue weighted by atomic mass is 10.3. The van der Waals surface area contributed by atoms with E-state index in [-0.39, 0.29) is 28.2 Å². The van der Waals surface area contributed by atoms with Gasteiger partial charge in [0, 0.05) is 31.9 Å². The zero-order valence-corrected chi connectivity index (χ0v) is 19.1. The highest BCUT2D eigenvalue weighted by atomic mass is 35.5. The normalized spacial score (nSPS) is 14.9. The van der Waals surface area contributed by atoms with Crippen LogP contribution in [-0.4, -0.2) is 70.6 Å². The van der Waals surface area contributed by atoms with Gasteiger partial charge in [-0.1, -0.05) is 11.6 Å². The molecule has 31 heavy (non-hydrogen) atoms. The molecule has 1 N–H and O–H groups in total. The molecular weight excluding hydrogens is 442 g/mol. The number of likely N-dealkylation sites (N-methyl/N-ethyl adjacent to an activating group) is 1. The molecule has 0 aliphatic carbocycles. The molecule has 2 aromatic rings. The summed E-state index contributed by atoms with van der Waals surface area (Å²) in [5.74, 6) is 0.781. The van der Waals surface area contributed by atoms with Crippen molar-refractivity contribution >= 4 is 33.2 Å². The summed E-state index contributed by atoms with van der Waals surface area (Å²) in [7, 11) is -1.83. The maximum atomic E-state index is 12.7. The summed E-state index contributed by atoms with van der Waals surface area (Å²) in [6.07, 6.45) is 0. The highest BCUT2D eigenvalue weighted by Gasteiger charge is 2.21. The molecule has 10 heteroatoms. The Morgan fingerprint density at radius 3 is 2.35 bits per heavy atom. The van der Waals surface area contributed by atoms with Gasteiger partial charge in [-0.3, -0.25) is 9.52 Å². The van der Waals surface area contributed by atoms with Crippen molar-refractivity contribution in [2.24, 2.45) is 0 Å². The second-order valence-electron chi connectivity index (χ2n) is 7.13. The Morgan fingerprint density at radius 2 is 1.74 bits per heavy atom. The third-order valence-electron chi connectivity index (χ3n) is 4.84. The van der Waals surface area contributed by atoms with Gasteiger partial charge < -0.3 is 19.3 Å². The molecular formula is C21H26ClN3O5S. The van der Waals surface area contributed by atoms with E-state index in [1.165, 1.54) is 18.2 Å². The standard InChI is InChI=1S/C21H26ClN3O5S/c1-3-29-17-6-4-16(5-7-17)23-31(27,28)18-8-9-20(19(22)14-18)30-15-21(26)25-12-10-24(2)11-13-25/h4-9,14,23H,3,10-13,15H2,1-2H3. The predicted octanol–water partition coefficient (Wildman–Crippen LogP) is 2.69. The van der Waals surface area contributed by atoms with Gasteiger partial charge in [-0.05, 0) is 56.4 Å². The zero-order chi connectivity index (χ0) is 22.4. The molecule has 1 heterocycles. The average Bonchev–Trinajstić information content (AvgIpc) is 2.74. The number of amides is 1. The van der Waals surface area contributed by atoms with Crippen LogP contribution in [0.15, 0.2) is 47.4 Å². The van der Waals surface area contributed by atoms with Gasteiger partial charge >= 0.3 is 0 Å². The van der Waals surface area contributed by atoms with Crippen LogP contribution in [0.1, 0.15) is 6.92 Å². The number of carbonyl (C=O) groups excluding carboxylic acids is 1. The first-order chi connectivity index (χ1) is 14.8. The number of benzene rings is 2. The predicted molar refractivity (Wildman–Crippen MR) is 119 cm³/mol. The topological polar surface area (TPSA) is 88.2 Å². The Kier molecular flexibility index (Phi) is 7.64. The van der Waals surface area contributed by atoms with E-state index < -0.39 is 10.0 Å². The summed E-state index contributed by atoms with van der Waals surface area (Å²) in [5, 5.41) is 0.112. The summed E-state index contributed by atoms with van der Waals surface area (Å²) >= 11 is 6.22. The van der Waals surface area contributed by atoms with Crippen LogP contribution in [0.25, 0.3) is 0 Å². The van der Waals surface area contributed by atoms with Crippen LogP contribution >= 0.6 is 11.6 Å². The van der Waals surface area contributed by atoms with Crippen LogP contribution in [0.2, 0.25) is 5.02 Å². The summed E-state index contributed by atoms with van der Waals surface area (Å²) in [6, 6.07) is 10.7. The quantitative estimate of drug-likeness (QED) is 0.642. The van der Waals surface area contributed by atoms with E-state index in [0.29, 0.717) is 31.1 Å². The summed E-state index contributed by atoms with van der Waals surface area (Å²) in [5.41, 5.74) is 0.401. The van der Waals surface area contributed by atoms with Crippen LogP contribution in [0.3, 0.4) is 0 Å². The monoisotopic (exact) mass is 467 g/mol. The fourth-order valence-corrected chi connectivity index (χ4v) is 4.44. The number of piperazine rings is 1. The van der Waals surface area contributed by atoms with E-state index in [0.717, 1.165) is 13.1 Å². The lowest BCUT2D eigenvalue weighted by Crippen LogP contribution is -2.48. The number of hydrogen-bond acceptors (Lipinski definition) is 6. The zero-order valence-electron chi connectivity index (χ0n) is 17.5. The van der Waals surface area contributed by atoms with Gasteiger partial charge in [0.1, 0.15) is 11.5 Å². The van der Waals surface area contributed by atoms with Crippen molar-refractivity contribution in [3.63, 3.8) is 0 Å². The number of sulfonamides is 1. The molecule has 0 atom stereocenters. The number of nitrogens with one attached hydrogen (secondary N) is 1. The maximum absolute atomic E-state index is 12.7. The van der Waals surface area contributed by atoms with Crippen LogP contribution in [0, 0.1) is 0 Å². The van der Waals surface area contributed by atoms with E-state index >= 15 is 0 Å². The van der Waals surface area contributed by atoms with Crippen LogP contribution in [0.5, 0.6) is 11.5 Å². The fraction of sp³-hybridized carbons (Fsp3) is 0.381. The molecule has 0 saturated carbocycles. The number of halogens is 1. The first-order valence-electron chi connectivity index (χ1n) is 9.93. The molecule has 8 nitrogen and oxygen atoms in total. The Labute approximate surface area is 187 Å². The fourth-order valence-electron chi connectivity index (χ4n) is 3.05. The summed E-state index contributed by atoms with van der Waals surface area (Å²) in [6.45, 7) is 5.19. The van der Waals surface area contributed by atoms with Crippen molar-refractivity contribution in [3.8, 4) is 11.5 Å². The molecule has 168 valence electrons. The van der Waals surface area contributed by atoms with Gasteiger partial charge in [0.15, 0.2) is 6.61 Å². The van der Waals surface area contributed by atoms with Crippen molar-refractivity contribution < 1.29 is 22.7 Å². The van der Waals surface area contributed by atoms with Gasteiger partial charge in [0.2, 0.25) is 0 Å². The first kappa shape index (κ1) is 23.2. The minimum Gasteiger partial charge on any atom is -0.494 e. The third-order valence-corrected chi connectivity index (χ3v) is 6.51. The van der Waals surface area contributed by atoms with Crippen LogP contribution < -0.4 is 14.2 Å². The van der Waals surface area contributed by atoms with Gasteiger partial charge in [-0.2, -0.15) is 0 Å². The van der Waals surface area contributed by atoms with Gasteiger partial charge in [-0.25, -0.2) is 8.42 Å².